The van der Waals surface area contributed by atoms with Gasteiger partial charge in [0.25, 0.3) is 0 Å². The minimum Gasteiger partial charge on any atom is -0.493 e. The summed E-state index contributed by atoms with van der Waals surface area (Å²) in [5, 5.41) is 5.70. The summed E-state index contributed by atoms with van der Waals surface area (Å²) in [6.07, 6.45) is 0. The summed E-state index contributed by atoms with van der Waals surface area (Å²) in [5.41, 5.74) is 2.24. The summed E-state index contributed by atoms with van der Waals surface area (Å²) in [4.78, 5) is 17.1. The molecule has 4 aromatic rings. The van der Waals surface area contributed by atoms with Crippen LogP contribution in [0.15, 0.2) is 71.1 Å². The van der Waals surface area contributed by atoms with Gasteiger partial charge in [-0.05, 0) is 42.5 Å². The second-order valence-electron chi connectivity index (χ2n) is 7.11. The van der Waals surface area contributed by atoms with Crippen LogP contribution in [0.1, 0.15) is 0 Å². The first-order valence-electron chi connectivity index (χ1n) is 10.4. The first-order chi connectivity index (χ1) is 16.2. The molecule has 168 valence electrons. The van der Waals surface area contributed by atoms with Crippen molar-refractivity contribution in [1.82, 2.24) is 4.98 Å². The Morgan fingerprint density at radius 1 is 0.970 bits per heavy atom. The number of carbonyl (C=O) groups excluding carboxylic acids is 1. The Balaban J connectivity index is 1.16. The highest BCUT2D eigenvalue weighted by Crippen LogP contribution is 2.33. The van der Waals surface area contributed by atoms with Crippen molar-refractivity contribution in [3.63, 3.8) is 0 Å². The first kappa shape index (κ1) is 21.4. The van der Waals surface area contributed by atoms with Crippen LogP contribution in [0, 0.1) is 0 Å². The number of anilines is 2. The van der Waals surface area contributed by atoms with Gasteiger partial charge in [-0.2, -0.15) is 0 Å². The third-order valence-corrected chi connectivity index (χ3v) is 6.87. The average Bonchev–Trinajstić information content (AvgIpc) is 3.24. The molecule has 0 aliphatic carbocycles. The van der Waals surface area contributed by atoms with Gasteiger partial charge in [-0.15, -0.1) is 11.3 Å². The van der Waals surface area contributed by atoms with E-state index >= 15 is 0 Å². The minimum atomic E-state index is -0.330. The molecule has 1 aliphatic heterocycles. The van der Waals surface area contributed by atoms with E-state index in [4.69, 9.17) is 14.2 Å². The fraction of sp³-hybridized carbons (Fsp3) is 0.167. The van der Waals surface area contributed by atoms with Gasteiger partial charge in [0.2, 0.25) is 0 Å². The highest BCUT2D eigenvalue weighted by Gasteiger charge is 2.13. The van der Waals surface area contributed by atoms with Gasteiger partial charge in [-0.1, -0.05) is 30.0 Å². The molecule has 0 atom stereocenters. The second-order valence-corrected chi connectivity index (χ2v) is 9.48. The van der Waals surface area contributed by atoms with E-state index in [0.29, 0.717) is 42.7 Å². The number of benzene rings is 3. The number of ether oxygens (including phenoxy) is 3. The number of nitrogens with one attached hydrogen (secondary N) is 2. The summed E-state index contributed by atoms with van der Waals surface area (Å²) in [6.45, 7) is 1.64. The molecule has 0 radical (unpaired) electrons. The lowest BCUT2D eigenvalue weighted by Gasteiger charge is -2.19. The topological polar surface area (TPSA) is 81.7 Å². The Kier molecular flexibility index (Phi) is 6.50. The van der Waals surface area contributed by atoms with Crippen LogP contribution < -0.4 is 24.8 Å². The van der Waals surface area contributed by atoms with E-state index in [2.05, 4.69) is 15.6 Å². The third kappa shape index (κ3) is 5.50. The lowest BCUT2D eigenvalue weighted by Crippen LogP contribution is -2.20. The van der Waals surface area contributed by atoms with Crippen LogP contribution in [0.2, 0.25) is 0 Å². The Labute approximate surface area is 199 Å². The van der Waals surface area contributed by atoms with Gasteiger partial charge in [-0.3, -0.25) is 0 Å². The molecule has 0 bridgehead atoms. The molecule has 0 spiro atoms. The standard InChI is InChI=1S/C24H21N3O4S2/c28-23(25-16-7-9-20-21(14-16)31-11-10-30-20)26-17-6-8-19-22(15-17)33-24(27-19)32-13-12-29-18-4-2-1-3-5-18/h1-9,14-15H,10-13H2,(H2,25,26,28). The van der Waals surface area contributed by atoms with Crippen molar-refractivity contribution in [3.05, 3.63) is 66.7 Å². The highest BCUT2D eigenvalue weighted by molar-refractivity contribution is 8.01. The number of para-hydroxylation sites is 1. The van der Waals surface area contributed by atoms with Crippen molar-refractivity contribution in [2.24, 2.45) is 0 Å². The van der Waals surface area contributed by atoms with Crippen LogP contribution in [-0.4, -0.2) is 36.6 Å². The molecule has 5 rings (SSSR count). The lowest BCUT2D eigenvalue weighted by molar-refractivity contribution is 0.171. The summed E-state index contributed by atoms with van der Waals surface area (Å²) < 4.78 is 18.8. The number of amides is 2. The smallest absolute Gasteiger partial charge is 0.323 e. The van der Waals surface area contributed by atoms with Crippen LogP contribution >= 0.6 is 23.1 Å². The van der Waals surface area contributed by atoms with Gasteiger partial charge >= 0.3 is 6.03 Å². The fourth-order valence-corrected chi connectivity index (χ4v) is 5.26. The normalized spacial score (nSPS) is 12.4. The van der Waals surface area contributed by atoms with Crippen LogP contribution in [0.3, 0.4) is 0 Å². The Morgan fingerprint density at radius 2 is 1.73 bits per heavy atom. The number of thiazole rings is 1. The SMILES string of the molecule is O=C(Nc1ccc2c(c1)OCCO2)Nc1ccc2nc(SCCOc3ccccc3)sc2c1. The number of hydrogen-bond acceptors (Lipinski definition) is 7. The van der Waals surface area contributed by atoms with Crippen molar-refractivity contribution in [1.29, 1.82) is 0 Å². The van der Waals surface area contributed by atoms with E-state index in [1.165, 1.54) is 0 Å². The zero-order valence-corrected chi connectivity index (χ0v) is 19.2. The zero-order valence-electron chi connectivity index (χ0n) is 17.6. The molecule has 1 aliphatic rings. The molecule has 0 unspecified atom stereocenters. The number of carbonyl (C=O) groups is 1. The molecule has 2 amide bonds. The largest absolute Gasteiger partial charge is 0.493 e. The maximum Gasteiger partial charge on any atom is 0.323 e. The van der Waals surface area contributed by atoms with Gasteiger partial charge in [0.15, 0.2) is 15.8 Å². The molecule has 33 heavy (non-hydrogen) atoms. The number of rotatable bonds is 7. The Bertz CT molecular complexity index is 1260. The van der Waals surface area contributed by atoms with Gasteiger partial charge in [0.05, 0.1) is 16.8 Å². The zero-order chi connectivity index (χ0) is 22.5. The van der Waals surface area contributed by atoms with Crippen LogP contribution in [0.4, 0.5) is 16.2 Å². The molecule has 0 saturated carbocycles. The average molecular weight is 480 g/mol. The van der Waals surface area contributed by atoms with E-state index in [-0.39, 0.29) is 6.03 Å². The van der Waals surface area contributed by atoms with Gasteiger partial charge in [0, 0.05) is 23.2 Å². The van der Waals surface area contributed by atoms with E-state index < -0.39 is 0 Å². The molecule has 3 aromatic carbocycles. The lowest BCUT2D eigenvalue weighted by atomic mass is 10.2. The van der Waals surface area contributed by atoms with Crippen molar-refractivity contribution < 1.29 is 19.0 Å². The summed E-state index contributed by atoms with van der Waals surface area (Å²) in [5.74, 6) is 2.98. The predicted molar refractivity (Wildman–Crippen MR) is 132 cm³/mol. The molecule has 1 aromatic heterocycles. The maximum atomic E-state index is 12.5. The number of nitrogens with zero attached hydrogens (tertiary/aromatic N) is 1. The van der Waals surface area contributed by atoms with Crippen molar-refractivity contribution in [3.8, 4) is 17.2 Å². The summed E-state index contributed by atoms with van der Waals surface area (Å²) >= 11 is 3.26. The number of urea groups is 1. The fourth-order valence-electron chi connectivity index (χ4n) is 3.26. The Hall–Kier alpha value is -3.43. The van der Waals surface area contributed by atoms with E-state index in [1.54, 1.807) is 41.3 Å². The quantitative estimate of drug-likeness (QED) is 0.254. The van der Waals surface area contributed by atoms with E-state index in [0.717, 1.165) is 26.1 Å². The number of fused-ring (bicyclic) bond motifs is 2. The summed E-state index contributed by atoms with van der Waals surface area (Å²) in [6, 6.07) is 20.5. The number of thioether (sulfide) groups is 1. The molecule has 9 heteroatoms. The molecular formula is C24H21N3O4S2. The van der Waals surface area contributed by atoms with Crippen molar-refractivity contribution >= 4 is 50.7 Å². The third-order valence-electron chi connectivity index (χ3n) is 4.75. The minimum absolute atomic E-state index is 0.330. The van der Waals surface area contributed by atoms with Gasteiger partial charge in [0.1, 0.15) is 19.0 Å². The number of aromatic nitrogens is 1. The molecule has 2 heterocycles. The van der Waals surface area contributed by atoms with E-state index in [1.807, 2.05) is 48.5 Å². The monoisotopic (exact) mass is 479 g/mol. The molecule has 2 N–H and O–H groups in total. The molecule has 0 fully saturated rings. The second kappa shape index (κ2) is 10.0. The number of hydrogen-bond donors (Lipinski definition) is 2. The van der Waals surface area contributed by atoms with Crippen LogP contribution in [0.25, 0.3) is 10.2 Å². The van der Waals surface area contributed by atoms with Gasteiger partial charge in [-0.25, -0.2) is 9.78 Å². The molecule has 7 nitrogen and oxygen atoms in total. The van der Waals surface area contributed by atoms with Crippen molar-refractivity contribution in [2.45, 2.75) is 4.34 Å². The summed E-state index contributed by atoms with van der Waals surface area (Å²) in [7, 11) is 0. The predicted octanol–water partition coefficient (Wildman–Crippen LogP) is 5.88. The highest BCUT2D eigenvalue weighted by atomic mass is 32.2. The maximum absolute atomic E-state index is 12.5. The molecular weight excluding hydrogens is 458 g/mol. The van der Waals surface area contributed by atoms with Crippen LogP contribution in [-0.2, 0) is 0 Å². The van der Waals surface area contributed by atoms with Gasteiger partial charge < -0.3 is 24.8 Å². The van der Waals surface area contributed by atoms with Crippen molar-refractivity contribution in [2.75, 3.05) is 36.2 Å². The first-order valence-corrected chi connectivity index (χ1v) is 12.2. The molecule has 0 saturated heterocycles. The van der Waals surface area contributed by atoms with E-state index in [9.17, 15) is 4.79 Å². The Morgan fingerprint density at radius 3 is 2.58 bits per heavy atom. The van der Waals surface area contributed by atoms with Crippen LogP contribution in [0.5, 0.6) is 17.2 Å².